The van der Waals surface area contributed by atoms with Crippen molar-refractivity contribution in [1.82, 2.24) is 5.32 Å². The lowest BCUT2D eigenvalue weighted by Gasteiger charge is -2.13. The summed E-state index contributed by atoms with van der Waals surface area (Å²) < 4.78 is 11.4. The minimum atomic E-state index is -0.273. The highest BCUT2D eigenvalue weighted by Gasteiger charge is 2.41. The molecule has 1 amide bonds. The monoisotopic (exact) mass is 306 g/mol. The topological polar surface area (TPSA) is 71.4 Å². The Morgan fingerprint density at radius 3 is 3.10 bits per heavy atom. The van der Waals surface area contributed by atoms with Gasteiger partial charge in [-0.1, -0.05) is 31.2 Å². The van der Waals surface area contributed by atoms with Crippen LogP contribution in [0.1, 0.15) is 31.2 Å². The Labute approximate surface area is 127 Å². The third kappa shape index (κ3) is 2.85. The van der Waals surface area contributed by atoms with Crippen molar-refractivity contribution in [3.63, 3.8) is 0 Å². The minimum absolute atomic E-state index is 0.00228. The molecule has 2 aliphatic rings. The molecule has 0 aliphatic carbocycles. The van der Waals surface area contributed by atoms with E-state index in [-0.39, 0.29) is 22.2 Å². The Balaban J connectivity index is 1.74. The van der Waals surface area contributed by atoms with Gasteiger partial charge in [0.05, 0.1) is 13.2 Å². The zero-order valence-corrected chi connectivity index (χ0v) is 12.7. The first-order valence-electron chi connectivity index (χ1n) is 7.14. The SMILES string of the molecule is CCCCOc1ccc2c(c1)OCC2C1SC(=N)NC1=O. The number of amidine groups is 1. The fourth-order valence-electron chi connectivity index (χ4n) is 2.55. The molecule has 1 saturated heterocycles. The highest BCUT2D eigenvalue weighted by Crippen LogP contribution is 2.43. The molecule has 112 valence electrons. The lowest BCUT2D eigenvalue weighted by Crippen LogP contribution is -2.29. The molecule has 21 heavy (non-hydrogen) atoms. The van der Waals surface area contributed by atoms with E-state index < -0.39 is 0 Å². The van der Waals surface area contributed by atoms with Crippen LogP contribution in [0.5, 0.6) is 11.5 Å². The van der Waals surface area contributed by atoms with E-state index in [1.54, 1.807) is 0 Å². The van der Waals surface area contributed by atoms with Crippen LogP contribution in [0.4, 0.5) is 0 Å². The summed E-state index contributed by atoms with van der Waals surface area (Å²) in [7, 11) is 0. The van der Waals surface area contributed by atoms with Crippen molar-refractivity contribution in [3.8, 4) is 11.5 Å². The number of unbranched alkanes of at least 4 members (excludes halogenated alkanes) is 1. The van der Waals surface area contributed by atoms with E-state index in [4.69, 9.17) is 14.9 Å². The predicted molar refractivity (Wildman–Crippen MR) is 82.3 cm³/mol. The van der Waals surface area contributed by atoms with Gasteiger partial charge in [0.15, 0.2) is 5.17 Å². The Morgan fingerprint density at radius 2 is 2.38 bits per heavy atom. The summed E-state index contributed by atoms with van der Waals surface area (Å²) in [5, 5.41) is 10.1. The van der Waals surface area contributed by atoms with Gasteiger partial charge in [0.25, 0.3) is 0 Å². The number of benzene rings is 1. The Bertz CT molecular complexity index is 576. The van der Waals surface area contributed by atoms with Crippen LogP contribution < -0.4 is 14.8 Å². The van der Waals surface area contributed by atoms with Gasteiger partial charge in [0.2, 0.25) is 5.91 Å². The van der Waals surface area contributed by atoms with Crippen molar-refractivity contribution in [1.29, 1.82) is 5.41 Å². The average molecular weight is 306 g/mol. The molecule has 5 nitrogen and oxygen atoms in total. The number of thioether (sulfide) groups is 1. The van der Waals surface area contributed by atoms with Crippen molar-refractivity contribution in [3.05, 3.63) is 23.8 Å². The number of hydrogen-bond donors (Lipinski definition) is 2. The normalized spacial score (nSPS) is 23.7. The molecule has 2 unspecified atom stereocenters. The van der Waals surface area contributed by atoms with Crippen molar-refractivity contribution < 1.29 is 14.3 Å². The lowest BCUT2D eigenvalue weighted by atomic mass is 9.97. The van der Waals surface area contributed by atoms with Crippen LogP contribution in [0, 0.1) is 5.41 Å². The van der Waals surface area contributed by atoms with E-state index in [9.17, 15) is 4.79 Å². The highest BCUT2D eigenvalue weighted by atomic mass is 32.2. The molecule has 0 aromatic heterocycles. The Kier molecular flexibility index (Phi) is 4.05. The summed E-state index contributed by atoms with van der Waals surface area (Å²) in [6.45, 7) is 3.31. The summed E-state index contributed by atoms with van der Waals surface area (Å²) in [5.41, 5.74) is 1.03. The maximum atomic E-state index is 11.9. The molecule has 1 fully saturated rings. The number of carbonyl (C=O) groups is 1. The van der Waals surface area contributed by atoms with Crippen LogP contribution in [-0.4, -0.2) is 29.5 Å². The van der Waals surface area contributed by atoms with Crippen LogP contribution in [0.2, 0.25) is 0 Å². The van der Waals surface area contributed by atoms with Gasteiger partial charge >= 0.3 is 0 Å². The molecule has 2 atom stereocenters. The third-order valence-corrected chi connectivity index (χ3v) is 4.81. The Hall–Kier alpha value is -1.69. The first-order valence-corrected chi connectivity index (χ1v) is 8.02. The highest BCUT2D eigenvalue weighted by molar-refractivity contribution is 8.15. The van der Waals surface area contributed by atoms with Gasteiger partial charge in [0, 0.05) is 17.5 Å². The molecule has 1 aromatic carbocycles. The van der Waals surface area contributed by atoms with Crippen LogP contribution in [-0.2, 0) is 4.79 Å². The number of carbonyl (C=O) groups excluding carboxylic acids is 1. The summed E-state index contributed by atoms with van der Waals surface area (Å²) in [4.78, 5) is 11.9. The number of ether oxygens (including phenoxy) is 2. The van der Waals surface area contributed by atoms with Gasteiger partial charge in [-0.05, 0) is 12.5 Å². The first-order chi connectivity index (χ1) is 10.2. The summed E-state index contributed by atoms with van der Waals surface area (Å²) in [5.74, 6) is 1.49. The largest absolute Gasteiger partial charge is 0.493 e. The summed E-state index contributed by atoms with van der Waals surface area (Å²) in [6, 6.07) is 5.80. The molecular weight excluding hydrogens is 288 g/mol. The van der Waals surface area contributed by atoms with E-state index in [1.165, 1.54) is 11.8 Å². The van der Waals surface area contributed by atoms with Crippen LogP contribution in [0.3, 0.4) is 0 Å². The number of fused-ring (bicyclic) bond motifs is 1. The van der Waals surface area contributed by atoms with Gasteiger partial charge in [-0.25, -0.2) is 0 Å². The molecule has 2 heterocycles. The van der Waals surface area contributed by atoms with Crippen molar-refractivity contribution in [2.24, 2.45) is 0 Å². The summed E-state index contributed by atoms with van der Waals surface area (Å²) in [6.07, 6.45) is 2.13. The maximum Gasteiger partial charge on any atom is 0.240 e. The quantitative estimate of drug-likeness (QED) is 0.820. The standard InChI is InChI=1S/C15H18N2O3S/c1-2-3-6-19-9-4-5-10-11(8-20-12(10)7-9)13-14(18)17-15(16)21-13/h4-5,7,11,13H,2-3,6,8H2,1H3,(H2,16,17,18). The van der Waals surface area contributed by atoms with Crippen molar-refractivity contribution >= 4 is 22.8 Å². The molecule has 3 rings (SSSR count). The second-order valence-corrected chi connectivity index (χ2v) is 6.33. The van der Waals surface area contributed by atoms with Gasteiger partial charge in [0.1, 0.15) is 16.7 Å². The fraction of sp³-hybridized carbons (Fsp3) is 0.467. The zero-order chi connectivity index (χ0) is 14.8. The van der Waals surface area contributed by atoms with Crippen LogP contribution in [0.25, 0.3) is 0 Å². The predicted octanol–water partition coefficient (Wildman–Crippen LogP) is 2.51. The van der Waals surface area contributed by atoms with E-state index in [0.717, 1.165) is 29.9 Å². The second kappa shape index (κ2) is 5.97. The fourth-order valence-corrected chi connectivity index (χ4v) is 3.52. The molecule has 1 aromatic rings. The number of rotatable bonds is 5. The molecule has 2 N–H and O–H groups in total. The number of nitrogens with one attached hydrogen (secondary N) is 2. The average Bonchev–Trinajstić information content (AvgIpc) is 3.01. The van der Waals surface area contributed by atoms with Gasteiger partial charge < -0.3 is 14.8 Å². The molecule has 0 saturated carbocycles. The van der Waals surface area contributed by atoms with E-state index in [0.29, 0.717) is 13.2 Å². The molecular formula is C15H18N2O3S. The van der Waals surface area contributed by atoms with Crippen LogP contribution >= 0.6 is 11.8 Å². The second-order valence-electron chi connectivity index (χ2n) is 5.18. The third-order valence-electron chi connectivity index (χ3n) is 3.67. The maximum absolute atomic E-state index is 11.9. The molecule has 0 radical (unpaired) electrons. The van der Waals surface area contributed by atoms with Crippen LogP contribution in [0.15, 0.2) is 18.2 Å². The number of hydrogen-bond acceptors (Lipinski definition) is 5. The minimum Gasteiger partial charge on any atom is -0.493 e. The lowest BCUT2D eigenvalue weighted by molar-refractivity contribution is -0.119. The number of amides is 1. The zero-order valence-electron chi connectivity index (χ0n) is 11.8. The first kappa shape index (κ1) is 14.3. The van der Waals surface area contributed by atoms with E-state index >= 15 is 0 Å². The van der Waals surface area contributed by atoms with E-state index in [2.05, 4.69) is 12.2 Å². The van der Waals surface area contributed by atoms with Gasteiger partial charge in [-0.15, -0.1) is 0 Å². The van der Waals surface area contributed by atoms with Gasteiger partial charge in [-0.2, -0.15) is 0 Å². The van der Waals surface area contributed by atoms with Gasteiger partial charge in [-0.3, -0.25) is 10.2 Å². The smallest absolute Gasteiger partial charge is 0.240 e. The summed E-state index contributed by atoms with van der Waals surface area (Å²) >= 11 is 1.27. The van der Waals surface area contributed by atoms with Crippen molar-refractivity contribution in [2.75, 3.05) is 13.2 Å². The molecule has 6 heteroatoms. The van der Waals surface area contributed by atoms with Crippen molar-refractivity contribution in [2.45, 2.75) is 30.9 Å². The Morgan fingerprint density at radius 1 is 1.52 bits per heavy atom. The molecule has 0 spiro atoms. The molecule has 0 bridgehead atoms. The van der Waals surface area contributed by atoms with E-state index in [1.807, 2.05) is 18.2 Å². The molecule has 2 aliphatic heterocycles.